The van der Waals surface area contributed by atoms with E-state index in [-0.39, 0.29) is 17.8 Å². The number of hydrogen-bond acceptors (Lipinski definition) is 4. The Hall–Kier alpha value is -0.170. The number of nitrogens with zero attached hydrogens (tertiary/aromatic N) is 1. The molecule has 2 aliphatic rings. The van der Waals surface area contributed by atoms with Crippen molar-refractivity contribution in [2.45, 2.75) is 57.5 Å². The minimum absolute atomic E-state index is 0.00157. The van der Waals surface area contributed by atoms with Crippen molar-refractivity contribution < 1.29 is 8.42 Å². The number of rotatable bonds is 6. The van der Waals surface area contributed by atoms with Crippen LogP contribution >= 0.6 is 0 Å². The molecular weight excluding hydrogens is 274 g/mol. The first-order valence-corrected chi connectivity index (χ1v) is 9.66. The van der Waals surface area contributed by atoms with E-state index in [0.717, 1.165) is 45.4 Å². The minimum Gasteiger partial charge on any atom is -0.313 e. The molecular formula is C14H29N3O2S. The molecule has 0 saturated carbocycles. The molecule has 0 radical (unpaired) electrons. The highest BCUT2D eigenvalue weighted by molar-refractivity contribution is 7.89. The molecule has 0 aromatic rings. The fourth-order valence-corrected chi connectivity index (χ4v) is 4.85. The zero-order chi connectivity index (χ0) is 14.4. The van der Waals surface area contributed by atoms with E-state index in [2.05, 4.69) is 14.9 Å². The van der Waals surface area contributed by atoms with Gasteiger partial charge >= 0.3 is 0 Å². The van der Waals surface area contributed by atoms with Crippen LogP contribution in [0, 0.1) is 0 Å². The largest absolute Gasteiger partial charge is 0.313 e. The lowest BCUT2D eigenvalue weighted by Crippen LogP contribution is -2.47. The molecule has 0 bridgehead atoms. The molecule has 2 fully saturated rings. The van der Waals surface area contributed by atoms with E-state index in [4.69, 9.17) is 0 Å². The molecule has 118 valence electrons. The van der Waals surface area contributed by atoms with Crippen molar-refractivity contribution in [2.24, 2.45) is 0 Å². The second-order valence-electron chi connectivity index (χ2n) is 6.31. The molecule has 6 heteroatoms. The average molecular weight is 303 g/mol. The highest BCUT2D eigenvalue weighted by Gasteiger charge is 2.23. The van der Waals surface area contributed by atoms with Crippen LogP contribution in [0.5, 0.6) is 0 Å². The van der Waals surface area contributed by atoms with Crippen LogP contribution in [0.3, 0.4) is 0 Å². The lowest BCUT2D eigenvalue weighted by atomic mass is 10.1. The fourth-order valence-electron chi connectivity index (χ4n) is 3.25. The van der Waals surface area contributed by atoms with Gasteiger partial charge in [-0.15, -0.1) is 0 Å². The van der Waals surface area contributed by atoms with Crippen molar-refractivity contribution >= 4 is 10.0 Å². The molecule has 2 N–H and O–H groups in total. The molecule has 0 amide bonds. The Balaban J connectivity index is 1.74. The van der Waals surface area contributed by atoms with Gasteiger partial charge in [-0.25, -0.2) is 13.1 Å². The van der Waals surface area contributed by atoms with Crippen LogP contribution in [0.1, 0.15) is 45.4 Å². The second-order valence-corrected chi connectivity index (χ2v) is 8.11. The highest BCUT2D eigenvalue weighted by Crippen LogP contribution is 2.11. The van der Waals surface area contributed by atoms with Gasteiger partial charge in [0.1, 0.15) is 0 Å². The van der Waals surface area contributed by atoms with Crippen LogP contribution in [-0.4, -0.2) is 57.3 Å². The first kappa shape index (κ1) is 16.2. The summed E-state index contributed by atoms with van der Waals surface area (Å²) in [4.78, 5) is 2.37. The van der Waals surface area contributed by atoms with Crippen LogP contribution < -0.4 is 10.0 Å². The SMILES string of the molecule is CC(CN1CCCCC1)NS(=O)(=O)CC1CCCCN1. The fraction of sp³-hybridized carbons (Fsp3) is 1.00. The van der Waals surface area contributed by atoms with Crippen molar-refractivity contribution in [3.8, 4) is 0 Å². The molecule has 2 heterocycles. The lowest BCUT2D eigenvalue weighted by Gasteiger charge is -2.30. The van der Waals surface area contributed by atoms with Crippen LogP contribution in [0.25, 0.3) is 0 Å². The molecule has 0 spiro atoms. The number of likely N-dealkylation sites (tertiary alicyclic amines) is 1. The van der Waals surface area contributed by atoms with Crippen molar-refractivity contribution in [2.75, 3.05) is 31.9 Å². The molecule has 2 rings (SSSR count). The smallest absolute Gasteiger partial charge is 0.213 e. The minimum atomic E-state index is -3.17. The summed E-state index contributed by atoms with van der Waals surface area (Å²) in [5.41, 5.74) is 0. The van der Waals surface area contributed by atoms with Crippen LogP contribution in [0.2, 0.25) is 0 Å². The number of nitrogens with one attached hydrogen (secondary N) is 2. The van der Waals surface area contributed by atoms with E-state index in [0.29, 0.717) is 0 Å². The Morgan fingerprint density at radius 1 is 1.20 bits per heavy atom. The monoisotopic (exact) mass is 303 g/mol. The molecule has 2 saturated heterocycles. The van der Waals surface area contributed by atoms with Gasteiger partial charge in [0.05, 0.1) is 5.75 Å². The Bertz CT molecular complexity index is 374. The normalized spacial score (nSPS) is 27.4. The van der Waals surface area contributed by atoms with E-state index >= 15 is 0 Å². The number of sulfonamides is 1. The predicted octanol–water partition coefficient (Wildman–Crippen LogP) is 0.922. The molecule has 0 aromatic carbocycles. The first-order chi connectivity index (χ1) is 9.55. The van der Waals surface area contributed by atoms with E-state index in [1.54, 1.807) is 0 Å². The van der Waals surface area contributed by atoms with E-state index in [1.807, 2.05) is 6.92 Å². The number of piperidine rings is 2. The lowest BCUT2D eigenvalue weighted by molar-refractivity contribution is 0.215. The number of hydrogen-bond donors (Lipinski definition) is 2. The maximum Gasteiger partial charge on any atom is 0.213 e. The average Bonchev–Trinajstić information content (AvgIpc) is 2.39. The zero-order valence-electron chi connectivity index (χ0n) is 12.6. The molecule has 20 heavy (non-hydrogen) atoms. The van der Waals surface area contributed by atoms with E-state index in [9.17, 15) is 8.42 Å². The second kappa shape index (κ2) is 7.73. The van der Waals surface area contributed by atoms with E-state index in [1.165, 1.54) is 19.3 Å². The third-order valence-electron chi connectivity index (χ3n) is 4.19. The van der Waals surface area contributed by atoms with Gasteiger partial charge in [0.25, 0.3) is 0 Å². The molecule has 2 atom stereocenters. The van der Waals surface area contributed by atoms with Crippen molar-refractivity contribution in [1.82, 2.24) is 14.9 Å². The molecule has 0 aromatic heterocycles. The summed E-state index contributed by atoms with van der Waals surface area (Å²) < 4.78 is 27.2. The maximum atomic E-state index is 12.2. The van der Waals surface area contributed by atoms with Crippen molar-refractivity contribution in [3.05, 3.63) is 0 Å². The predicted molar refractivity (Wildman–Crippen MR) is 82.3 cm³/mol. The molecule has 0 aliphatic carbocycles. The summed E-state index contributed by atoms with van der Waals surface area (Å²) in [6, 6.07) is 0.130. The van der Waals surface area contributed by atoms with Gasteiger partial charge in [-0.1, -0.05) is 12.8 Å². The summed E-state index contributed by atoms with van der Waals surface area (Å²) in [6.07, 6.45) is 7.06. The standard InChI is InChI=1S/C14H29N3O2S/c1-13(11-17-9-5-2-6-10-17)16-20(18,19)12-14-7-3-4-8-15-14/h13-16H,2-12H2,1H3. The Kier molecular flexibility index (Phi) is 6.26. The van der Waals surface area contributed by atoms with Crippen LogP contribution in [0.4, 0.5) is 0 Å². The van der Waals surface area contributed by atoms with Crippen molar-refractivity contribution in [1.29, 1.82) is 0 Å². The van der Waals surface area contributed by atoms with Gasteiger partial charge in [0, 0.05) is 18.6 Å². The Morgan fingerprint density at radius 2 is 1.95 bits per heavy atom. The third-order valence-corrected chi connectivity index (χ3v) is 5.80. The summed E-state index contributed by atoms with van der Waals surface area (Å²) in [6.45, 7) is 5.97. The molecule has 2 unspecified atom stereocenters. The van der Waals surface area contributed by atoms with Gasteiger partial charge in [-0.2, -0.15) is 0 Å². The first-order valence-electron chi connectivity index (χ1n) is 8.01. The highest BCUT2D eigenvalue weighted by atomic mass is 32.2. The van der Waals surface area contributed by atoms with Gasteiger partial charge in [0.15, 0.2) is 0 Å². The van der Waals surface area contributed by atoms with Crippen LogP contribution in [-0.2, 0) is 10.0 Å². The molecule has 5 nitrogen and oxygen atoms in total. The quantitative estimate of drug-likeness (QED) is 0.766. The Morgan fingerprint density at radius 3 is 2.60 bits per heavy atom. The van der Waals surface area contributed by atoms with Gasteiger partial charge in [0.2, 0.25) is 10.0 Å². The summed E-state index contributed by atoms with van der Waals surface area (Å²) >= 11 is 0. The van der Waals surface area contributed by atoms with Gasteiger partial charge in [-0.3, -0.25) is 0 Å². The summed E-state index contributed by atoms with van der Waals surface area (Å²) in [5.74, 6) is 0.220. The van der Waals surface area contributed by atoms with E-state index < -0.39 is 10.0 Å². The summed E-state index contributed by atoms with van der Waals surface area (Å²) in [7, 11) is -3.17. The van der Waals surface area contributed by atoms with Gasteiger partial charge in [-0.05, 0) is 52.2 Å². The van der Waals surface area contributed by atoms with Crippen molar-refractivity contribution in [3.63, 3.8) is 0 Å². The topological polar surface area (TPSA) is 61.4 Å². The Labute approximate surface area is 123 Å². The van der Waals surface area contributed by atoms with Crippen LogP contribution in [0.15, 0.2) is 0 Å². The third kappa shape index (κ3) is 5.68. The zero-order valence-corrected chi connectivity index (χ0v) is 13.4. The van der Waals surface area contributed by atoms with Gasteiger partial charge < -0.3 is 10.2 Å². The maximum absolute atomic E-state index is 12.2. The molecule has 2 aliphatic heterocycles. The summed E-state index contributed by atoms with van der Waals surface area (Å²) in [5, 5.41) is 3.30.